The first-order valence-corrected chi connectivity index (χ1v) is 26.0. The van der Waals surface area contributed by atoms with E-state index in [9.17, 15) is 36.4 Å². The molecule has 7 atom stereocenters. The van der Waals surface area contributed by atoms with E-state index in [1.165, 1.54) is 11.1 Å². The first kappa shape index (κ1) is 53.5. The molecule has 0 bridgehead atoms. The Morgan fingerprint density at radius 3 is 1.95 bits per heavy atom. The van der Waals surface area contributed by atoms with Gasteiger partial charge < -0.3 is 14.4 Å². The van der Waals surface area contributed by atoms with Crippen LogP contribution in [-0.4, -0.2) is 45.3 Å². The lowest BCUT2D eigenvalue weighted by atomic mass is 9.52. The minimum atomic E-state index is -5.56. The maximum Gasteiger partial charge on any atom is 0.453 e. The molecule has 0 aliphatic heterocycles. The number of rotatable bonds is 29. The molecule has 1 N–H and O–H groups in total. The van der Waals surface area contributed by atoms with E-state index < -0.39 is 36.1 Å². The largest absolute Gasteiger partial charge is 0.616 e. The van der Waals surface area contributed by atoms with Crippen molar-refractivity contribution < 1.29 is 41.1 Å². The molecule has 7 unspecified atom stereocenters. The number of hydrogen-bond acceptors (Lipinski definition) is 4. The standard InChI is InChI=1S/C54H77F5O4S/c1-3-4-5-6-7-8-9-10-11-12-13-14-15-16-17-18-21-24-27-31-50(61)63-49-35-34-48-51-43(41-44-42-45(60)32-33-46(44)47(51)36-38-52(48,49)2)30-26-23-20-19-22-25-28-39-64(62)40-29-37-53(55,56)54(57,58)59/h4-5,7-8,10-11,13-14,16-17,21,24,32-33,42-43,47-49,51,60H,3,6,9,12,15,18-20,22-23,25-31,34-41H2,1-2H3/b5-4+,8-7+,11-10+,14-13+,17-16+,24-21+. The summed E-state index contributed by atoms with van der Waals surface area (Å²) in [7, 11) is 0. The Bertz CT molecular complexity index is 1700. The Morgan fingerprint density at radius 2 is 1.34 bits per heavy atom. The number of benzene rings is 1. The normalized spacial score (nSPS) is 24.5. The van der Waals surface area contributed by atoms with Crippen molar-refractivity contribution in [1.82, 2.24) is 0 Å². The molecule has 4 nitrogen and oxygen atoms in total. The van der Waals surface area contributed by atoms with Crippen LogP contribution in [0.5, 0.6) is 5.75 Å². The molecule has 0 spiro atoms. The molecule has 0 heterocycles. The van der Waals surface area contributed by atoms with E-state index >= 15 is 0 Å². The second-order valence-electron chi connectivity index (χ2n) is 18.6. The second-order valence-corrected chi connectivity index (χ2v) is 20.3. The van der Waals surface area contributed by atoms with Crippen LogP contribution in [0.15, 0.2) is 91.1 Å². The van der Waals surface area contributed by atoms with Gasteiger partial charge in [0, 0.05) is 18.3 Å². The fraction of sp³-hybridized carbons (Fsp3) is 0.648. The van der Waals surface area contributed by atoms with E-state index in [2.05, 4.69) is 92.8 Å². The van der Waals surface area contributed by atoms with Gasteiger partial charge in [-0.2, -0.15) is 22.0 Å². The fourth-order valence-corrected chi connectivity index (χ4v) is 11.7. The number of halogens is 5. The highest BCUT2D eigenvalue weighted by Gasteiger charge is 2.58. The van der Waals surface area contributed by atoms with Gasteiger partial charge in [0.05, 0.1) is 0 Å². The SMILES string of the molecule is CC/C=C/C/C=C/C/C=C/C/C=C/C/C=C/C/C=C/CCC(=O)OC1CCC2C3C(CCCCCCCCC[S+]([O-])CCCC(F)(F)C(F)(F)F)Cc4cc(O)ccc4C3CCC12C. The molecular weight excluding hydrogens is 840 g/mol. The van der Waals surface area contributed by atoms with Crippen LogP contribution in [0.3, 0.4) is 0 Å². The zero-order valence-corrected chi connectivity index (χ0v) is 39.5. The van der Waals surface area contributed by atoms with Crippen LogP contribution in [0, 0.1) is 23.2 Å². The second kappa shape index (κ2) is 28.2. The number of aromatic hydroxyl groups is 1. The summed E-state index contributed by atoms with van der Waals surface area (Å²) >= 11 is -1.38. The summed E-state index contributed by atoms with van der Waals surface area (Å²) < 4.78 is 81.7. The first-order valence-electron chi connectivity index (χ1n) is 24.5. The molecule has 3 aliphatic carbocycles. The summed E-state index contributed by atoms with van der Waals surface area (Å²) in [5.74, 6) is -2.37. The Balaban J connectivity index is 1.14. The zero-order valence-electron chi connectivity index (χ0n) is 38.7. The molecule has 358 valence electrons. The number of allylic oxidation sites excluding steroid dienone is 12. The van der Waals surface area contributed by atoms with Crippen molar-refractivity contribution in [3.63, 3.8) is 0 Å². The van der Waals surface area contributed by atoms with Crippen molar-refractivity contribution >= 4 is 17.1 Å². The van der Waals surface area contributed by atoms with E-state index in [4.69, 9.17) is 4.74 Å². The van der Waals surface area contributed by atoms with Crippen LogP contribution in [0.4, 0.5) is 22.0 Å². The van der Waals surface area contributed by atoms with Gasteiger partial charge in [0.25, 0.3) is 0 Å². The quantitative estimate of drug-likeness (QED) is 0.0286. The van der Waals surface area contributed by atoms with Crippen molar-refractivity contribution in [2.75, 3.05) is 11.5 Å². The lowest BCUT2D eigenvalue weighted by Gasteiger charge is -2.53. The van der Waals surface area contributed by atoms with Gasteiger partial charge >= 0.3 is 18.1 Å². The van der Waals surface area contributed by atoms with Crippen LogP contribution in [0.2, 0.25) is 0 Å². The van der Waals surface area contributed by atoms with Gasteiger partial charge in [-0.1, -0.05) is 136 Å². The number of carbonyl (C=O) groups excluding carboxylic acids is 1. The van der Waals surface area contributed by atoms with Gasteiger partial charge in [0.1, 0.15) is 23.4 Å². The predicted molar refractivity (Wildman–Crippen MR) is 254 cm³/mol. The van der Waals surface area contributed by atoms with Crippen LogP contribution in [-0.2, 0) is 27.1 Å². The lowest BCUT2D eigenvalue weighted by molar-refractivity contribution is -0.284. The van der Waals surface area contributed by atoms with Crippen molar-refractivity contribution in [2.24, 2.45) is 23.2 Å². The van der Waals surface area contributed by atoms with Gasteiger partial charge in [-0.25, -0.2) is 0 Å². The average Bonchev–Trinajstić information content (AvgIpc) is 3.58. The van der Waals surface area contributed by atoms with Gasteiger partial charge in [0.15, 0.2) is 0 Å². The van der Waals surface area contributed by atoms with E-state index in [0.717, 1.165) is 116 Å². The number of hydrogen-bond donors (Lipinski definition) is 1. The van der Waals surface area contributed by atoms with Gasteiger partial charge in [-0.05, 0) is 150 Å². The molecule has 64 heavy (non-hydrogen) atoms. The monoisotopic (exact) mass is 917 g/mol. The third-order valence-corrected chi connectivity index (χ3v) is 15.4. The van der Waals surface area contributed by atoms with Crippen molar-refractivity contribution in [1.29, 1.82) is 0 Å². The summed E-state index contributed by atoms with van der Waals surface area (Å²) in [6.45, 7) is 4.52. The third-order valence-electron chi connectivity index (χ3n) is 13.9. The van der Waals surface area contributed by atoms with E-state index in [1.807, 2.05) is 12.1 Å². The van der Waals surface area contributed by atoms with Crippen LogP contribution >= 0.6 is 0 Å². The number of phenols is 1. The molecule has 0 radical (unpaired) electrons. The summed E-state index contributed by atoms with van der Waals surface area (Å²) in [5.41, 5.74) is 2.62. The van der Waals surface area contributed by atoms with E-state index in [-0.39, 0.29) is 23.2 Å². The molecule has 3 aliphatic rings. The molecular formula is C54H77F5O4S. The summed E-state index contributed by atoms with van der Waals surface area (Å²) in [6, 6.07) is 5.94. The topological polar surface area (TPSA) is 69.6 Å². The molecule has 0 amide bonds. The zero-order chi connectivity index (χ0) is 46.3. The summed E-state index contributed by atoms with van der Waals surface area (Å²) in [5, 5.41) is 10.4. The Morgan fingerprint density at radius 1 is 0.781 bits per heavy atom. The number of unbranched alkanes of at least 4 members (excludes halogenated alkanes) is 6. The summed E-state index contributed by atoms with van der Waals surface area (Å²) in [4.78, 5) is 13.2. The first-order chi connectivity index (χ1) is 30.8. The maximum absolute atomic E-state index is 13.2. The van der Waals surface area contributed by atoms with E-state index in [0.29, 0.717) is 54.4 Å². The summed E-state index contributed by atoms with van der Waals surface area (Å²) in [6.07, 6.45) is 38.7. The highest BCUT2D eigenvalue weighted by molar-refractivity contribution is 7.91. The van der Waals surface area contributed by atoms with Gasteiger partial charge in [0.2, 0.25) is 0 Å². The number of carbonyl (C=O) groups is 1. The number of esters is 1. The highest BCUT2D eigenvalue weighted by Crippen LogP contribution is 2.63. The maximum atomic E-state index is 13.2. The molecule has 2 fully saturated rings. The van der Waals surface area contributed by atoms with Crippen molar-refractivity contribution in [2.45, 2.75) is 186 Å². The fourth-order valence-electron chi connectivity index (χ4n) is 10.5. The number of phenolic OH excluding ortho intramolecular Hbond substituents is 1. The van der Waals surface area contributed by atoms with Crippen LogP contribution in [0.1, 0.15) is 172 Å². The molecule has 0 saturated heterocycles. The Kier molecular flexibility index (Phi) is 23.5. The van der Waals surface area contributed by atoms with Gasteiger partial charge in [-0.15, -0.1) is 0 Å². The highest BCUT2D eigenvalue weighted by atomic mass is 32.2. The minimum Gasteiger partial charge on any atom is -0.616 e. The molecule has 1 aromatic carbocycles. The minimum absolute atomic E-state index is 0.0460. The van der Waals surface area contributed by atoms with Crippen LogP contribution < -0.4 is 0 Å². The molecule has 0 aromatic heterocycles. The molecule has 4 rings (SSSR count). The lowest BCUT2D eigenvalue weighted by Crippen LogP contribution is -2.48. The predicted octanol–water partition coefficient (Wildman–Crippen LogP) is 15.7. The number of ether oxygens (including phenoxy) is 1. The Labute approximate surface area is 385 Å². The molecule has 2 saturated carbocycles. The van der Waals surface area contributed by atoms with Crippen LogP contribution in [0.25, 0.3) is 0 Å². The average molecular weight is 917 g/mol. The number of alkyl halides is 5. The van der Waals surface area contributed by atoms with Crippen molar-refractivity contribution in [3.05, 3.63) is 102 Å². The third kappa shape index (κ3) is 17.6. The van der Waals surface area contributed by atoms with Gasteiger partial charge in [-0.3, -0.25) is 4.79 Å². The van der Waals surface area contributed by atoms with E-state index in [1.54, 1.807) is 0 Å². The van der Waals surface area contributed by atoms with Crippen molar-refractivity contribution in [3.8, 4) is 5.75 Å². The number of fused-ring (bicyclic) bond motifs is 5. The smallest absolute Gasteiger partial charge is 0.453 e. The molecule has 1 aromatic rings. The Hall–Kier alpha value is -3.11. The molecule has 10 heteroatoms.